The van der Waals surface area contributed by atoms with E-state index in [1.165, 1.54) is 21.9 Å². The van der Waals surface area contributed by atoms with Crippen LogP contribution in [0.1, 0.15) is 5.56 Å². The second-order valence-corrected chi connectivity index (χ2v) is 4.96. The Balaban J connectivity index is 2.49. The van der Waals surface area contributed by atoms with Gasteiger partial charge in [0.25, 0.3) is 0 Å². The van der Waals surface area contributed by atoms with Gasteiger partial charge in [-0.15, -0.1) is 0 Å². The standard InChI is InChI=1S/C20H17N/c1-16-10-4-2-3-5-11-17-12-6-7-13-18(17)20(16)19-14-8-9-15-21-19/h2-15H,1H3. The molecule has 1 aromatic heterocycles. The van der Waals surface area contributed by atoms with Crippen LogP contribution in [-0.2, 0) is 0 Å². The zero-order valence-electron chi connectivity index (χ0n) is 12.0. The van der Waals surface area contributed by atoms with Crippen LogP contribution in [0.15, 0.2) is 85.1 Å². The molecule has 0 bridgehead atoms. The minimum Gasteiger partial charge on any atom is -0.256 e. The molecule has 3 rings (SSSR count). The van der Waals surface area contributed by atoms with Gasteiger partial charge in [0.2, 0.25) is 0 Å². The molecule has 0 N–H and O–H groups in total. The van der Waals surface area contributed by atoms with Crippen molar-refractivity contribution >= 4 is 10.8 Å². The van der Waals surface area contributed by atoms with Gasteiger partial charge in [0.1, 0.15) is 0 Å². The maximum absolute atomic E-state index is 4.54. The quantitative estimate of drug-likeness (QED) is 0.582. The third kappa shape index (κ3) is 2.92. The van der Waals surface area contributed by atoms with Gasteiger partial charge in [-0.2, -0.15) is 0 Å². The Hall–Kier alpha value is -2.67. The zero-order chi connectivity index (χ0) is 14.5. The normalized spacial score (nSPS) is 10.1. The average molecular weight is 271 g/mol. The van der Waals surface area contributed by atoms with Crippen LogP contribution in [0.25, 0.3) is 22.0 Å². The summed E-state index contributed by atoms with van der Waals surface area (Å²) < 4.78 is 0. The fraction of sp³-hybridized carbons (Fsp3) is 0.0500. The van der Waals surface area contributed by atoms with Crippen molar-refractivity contribution in [2.24, 2.45) is 0 Å². The minimum absolute atomic E-state index is 1.00. The molecule has 0 atom stereocenters. The first kappa shape index (κ1) is 13.3. The van der Waals surface area contributed by atoms with E-state index in [9.17, 15) is 0 Å². The molecule has 1 heteroatoms. The smallest absolute Gasteiger partial charge is 0.0710 e. The summed E-state index contributed by atoms with van der Waals surface area (Å²) in [6.07, 6.45) is 1.84. The summed E-state index contributed by atoms with van der Waals surface area (Å²) in [5.74, 6) is 0. The molecule has 0 saturated heterocycles. The summed E-state index contributed by atoms with van der Waals surface area (Å²) >= 11 is 0. The Kier molecular flexibility index (Phi) is 3.92. The summed E-state index contributed by atoms with van der Waals surface area (Å²) in [6.45, 7) is 2.14. The molecule has 0 radical (unpaired) electrons. The van der Waals surface area contributed by atoms with Gasteiger partial charge >= 0.3 is 0 Å². The lowest BCUT2D eigenvalue weighted by atomic mass is 10.00. The largest absolute Gasteiger partial charge is 0.256 e. The fourth-order valence-electron chi connectivity index (χ4n) is 2.50. The molecule has 0 fully saturated rings. The molecule has 0 aliphatic heterocycles. The zero-order valence-corrected chi connectivity index (χ0v) is 12.0. The molecule has 3 aromatic rings. The van der Waals surface area contributed by atoms with E-state index in [-0.39, 0.29) is 0 Å². The molecule has 0 saturated carbocycles. The molecule has 0 unspecified atom stereocenters. The lowest BCUT2D eigenvalue weighted by Gasteiger charge is -2.07. The average Bonchev–Trinajstić information content (AvgIpc) is 2.53. The maximum Gasteiger partial charge on any atom is 0.0710 e. The molecule has 0 aliphatic carbocycles. The molecule has 102 valence electrons. The SMILES string of the molecule is Cc1ccccccc2ccccc2c1-c1ccccn1. The Bertz CT molecular complexity index is 806. The molecule has 1 heterocycles. The highest BCUT2D eigenvalue weighted by atomic mass is 14.7. The third-order valence-corrected chi connectivity index (χ3v) is 3.50. The second kappa shape index (κ2) is 6.19. The monoisotopic (exact) mass is 271 g/mol. The van der Waals surface area contributed by atoms with E-state index >= 15 is 0 Å². The van der Waals surface area contributed by atoms with Gasteiger partial charge in [0.05, 0.1) is 5.69 Å². The van der Waals surface area contributed by atoms with Gasteiger partial charge in [-0.3, -0.25) is 4.98 Å². The first-order chi connectivity index (χ1) is 10.4. The predicted octanol–water partition coefficient (Wildman–Crippen LogP) is 5.33. The van der Waals surface area contributed by atoms with Crippen molar-refractivity contribution in [2.45, 2.75) is 6.92 Å². The summed E-state index contributed by atoms with van der Waals surface area (Å²) in [6, 6.07) is 27.0. The highest BCUT2D eigenvalue weighted by Crippen LogP contribution is 2.27. The van der Waals surface area contributed by atoms with Crippen LogP contribution in [0.4, 0.5) is 0 Å². The van der Waals surface area contributed by atoms with Crippen LogP contribution >= 0.6 is 0 Å². The van der Waals surface area contributed by atoms with E-state index in [4.69, 9.17) is 0 Å². The van der Waals surface area contributed by atoms with Crippen LogP contribution in [0, 0.1) is 6.92 Å². The Morgan fingerprint density at radius 1 is 0.667 bits per heavy atom. The van der Waals surface area contributed by atoms with Crippen LogP contribution in [0.3, 0.4) is 0 Å². The lowest BCUT2D eigenvalue weighted by Crippen LogP contribution is -1.86. The second-order valence-electron chi connectivity index (χ2n) is 4.96. The molecule has 21 heavy (non-hydrogen) atoms. The predicted molar refractivity (Wildman–Crippen MR) is 89.5 cm³/mol. The van der Waals surface area contributed by atoms with Crippen molar-refractivity contribution in [3.8, 4) is 11.3 Å². The Morgan fingerprint density at radius 3 is 2.10 bits per heavy atom. The highest BCUT2D eigenvalue weighted by molar-refractivity contribution is 5.95. The number of fused-ring (bicyclic) bond motifs is 1. The van der Waals surface area contributed by atoms with E-state index in [2.05, 4.69) is 66.5 Å². The van der Waals surface area contributed by atoms with Crippen LogP contribution in [0.5, 0.6) is 0 Å². The fourth-order valence-corrected chi connectivity index (χ4v) is 2.50. The summed E-state index contributed by atoms with van der Waals surface area (Å²) in [5.41, 5.74) is 3.40. The number of benzene rings is 1. The molecule has 1 nitrogen and oxygen atoms in total. The number of aromatic nitrogens is 1. The Labute approximate surface area is 125 Å². The van der Waals surface area contributed by atoms with Crippen molar-refractivity contribution in [2.75, 3.05) is 0 Å². The van der Waals surface area contributed by atoms with Crippen molar-refractivity contribution < 1.29 is 0 Å². The number of pyridine rings is 1. The van der Waals surface area contributed by atoms with Crippen molar-refractivity contribution in [1.29, 1.82) is 0 Å². The molecule has 0 spiro atoms. The van der Waals surface area contributed by atoms with Gasteiger partial charge in [0, 0.05) is 11.8 Å². The minimum atomic E-state index is 1.00. The van der Waals surface area contributed by atoms with Crippen LogP contribution in [0.2, 0.25) is 0 Å². The van der Waals surface area contributed by atoms with E-state index in [0.29, 0.717) is 0 Å². The van der Waals surface area contributed by atoms with E-state index in [0.717, 1.165) is 5.69 Å². The lowest BCUT2D eigenvalue weighted by molar-refractivity contribution is 1.32. The van der Waals surface area contributed by atoms with Gasteiger partial charge in [-0.25, -0.2) is 0 Å². The summed E-state index contributed by atoms with van der Waals surface area (Å²) in [4.78, 5) is 4.54. The first-order valence-corrected chi connectivity index (χ1v) is 7.09. The molecular weight excluding hydrogens is 254 g/mol. The van der Waals surface area contributed by atoms with Crippen LogP contribution < -0.4 is 0 Å². The number of rotatable bonds is 1. The molecule has 0 amide bonds. The van der Waals surface area contributed by atoms with Crippen molar-refractivity contribution in [3.05, 3.63) is 90.6 Å². The third-order valence-electron chi connectivity index (χ3n) is 3.50. The van der Waals surface area contributed by atoms with Crippen molar-refractivity contribution in [3.63, 3.8) is 0 Å². The van der Waals surface area contributed by atoms with Gasteiger partial charge in [-0.1, -0.05) is 66.7 Å². The molecule has 0 aliphatic rings. The number of nitrogens with zero attached hydrogens (tertiary/aromatic N) is 1. The molecular formula is C20H17N. The van der Waals surface area contributed by atoms with Gasteiger partial charge in [-0.05, 0) is 35.4 Å². The Morgan fingerprint density at radius 2 is 1.33 bits per heavy atom. The first-order valence-electron chi connectivity index (χ1n) is 7.09. The summed E-state index contributed by atoms with van der Waals surface area (Å²) in [7, 11) is 0. The maximum atomic E-state index is 4.54. The van der Waals surface area contributed by atoms with Gasteiger partial charge in [0.15, 0.2) is 0 Å². The highest BCUT2D eigenvalue weighted by Gasteiger charge is 2.05. The van der Waals surface area contributed by atoms with Crippen LogP contribution in [-0.4, -0.2) is 4.98 Å². The molecule has 2 aromatic carbocycles. The number of hydrogen-bond acceptors (Lipinski definition) is 1. The van der Waals surface area contributed by atoms with E-state index < -0.39 is 0 Å². The number of hydrogen-bond donors (Lipinski definition) is 0. The van der Waals surface area contributed by atoms with Crippen molar-refractivity contribution in [1.82, 2.24) is 4.98 Å². The summed E-state index contributed by atoms with van der Waals surface area (Å²) in [5, 5.41) is 2.42. The number of aryl methyl sites for hydroxylation is 1. The van der Waals surface area contributed by atoms with E-state index in [1.54, 1.807) is 0 Å². The van der Waals surface area contributed by atoms with E-state index in [1.807, 2.05) is 30.5 Å². The van der Waals surface area contributed by atoms with Gasteiger partial charge < -0.3 is 0 Å². The topological polar surface area (TPSA) is 12.9 Å².